The molecule has 0 fully saturated rings. The number of amides is 2. The van der Waals surface area contributed by atoms with Crippen molar-refractivity contribution < 1.29 is 9.18 Å². The zero-order valence-electron chi connectivity index (χ0n) is 13.3. The topological polar surface area (TPSA) is 59.0 Å². The molecule has 6 heteroatoms. The van der Waals surface area contributed by atoms with Crippen molar-refractivity contribution >= 4 is 6.03 Å². The highest BCUT2D eigenvalue weighted by molar-refractivity contribution is 5.74. The minimum absolute atomic E-state index is 0.152. The largest absolute Gasteiger partial charge is 0.334 e. The first kappa shape index (κ1) is 16.0. The summed E-state index contributed by atoms with van der Waals surface area (Å²) in [4.78, 5) is 12.0. The fraction of sp³-hybridized carbons (Fsp3) is 0.375. The molecule has 0 aliphatic carbocycles. The molecule has 1 aromatic carbocycles. The summed E-state index contributed by atoms with van der Waals surface area (Å²) in [7, 11) is 1.88. The molecule has 1 heterocycles. The van der Waals surface area contributed by atoms with Gasteiger partial charge in [0.1, 0.15) is 5.82 Å². The van der Waals surface area contributed by atoms with Crippen molar-refractivity contribution in [3.05, 3.63) is 52.6 Å². The van der Waals surface area contributed by atoms with Gasteiger partial charge in [-0.2, -0.15) is 5.10 Å². The molecule has 0 aliphatic rings. The summed E-state index contributed by atoms with van der Waals surface area (Å²) in [5.74, 6) is -0.310. The van der Waals surface area contributed by atoms with E-state index in [0.717, 1.165) is 22.5 Å². The van der Waals surface area contributed by atoms with Gasteiger partial charge in [-0.05, 0) is 38.5 Å². The van der Waals surface area contributed by atoms with E-state index < -0.39 is 0 Å². The zero-order chi connectivity index (χ0) is 16.3. The SMILES string of the molecule is Cc1nn(C)c(C)c1[C@@H](C)NC(=O)NCc1cccc(F)c1. The van der Waals surface area contributed by atoms with Crippen LogP contribution in [0.3, 0.4) is 0 Å². The van der Waals surface area contributed by atoms with Gasteiger partial charge in [-0.15, -0.1) is 0 Å². The van der Waals surface area contributed by atoms with Crippen molar-refractivity contribution in [2.45, 2.75) is 33.4 Å². The summed E-state index contributed by atoms with van der Waals surface area (Å²) < 4.78 is 14.9. The normalized spacial score (nSPS) is 12.0. The summed E-state index contributed by atoms with van der Waals surface area (Å²) in [6.07, 6.45) is 0. The molecule has 2 amide bonds. The van der Waals surface area contributed by atoms with Gasteiger partial charge in [0.2, 0.25) is 0 Å². The van der Waals surface area contributed by atoms with E-state index in [4.69, 9.17) is 0 Å². The molecule has 0 bridgehead atoms. The van der Waals surface area contributed by atoms with Crippen molar-refractivity contribution in [3.63, 3.8) is 0 Å². The maximum absolute atomic E-state index is 13.1. The predicted octanol–water partition coefficient (Wildman–Crippen LogP) is 2.74. The average Bonchev–Trinajstić information content (AvgIpc) is 2.70. The first-order valence-electron chi connectivity index (χ1n) is 7.17. The molecule has 5 nitrogen and oxygen atoms in total. The van der Waals surface area contributed by atoms with Gasteiger partial charge in [0.15, 0.2) is 0 Å². The van der Waals surface area contributed by atoms with E-state index in [1.165, 1.54) is 12.1 Å². The quantitative estimate of drug-likeness (QED) is 0.912. The second-order valence-corrected chi connectivity index (χ2v) is 5.39. The lowest BCUT2D eigenvalue weighted by molar-refractivity contribution is 0.237. The monoisotopic (exact) mass is 304 g/mol. The molecule has 1 aromatic heterocycles. The number of rotatable bonds is 4. The van der Waals surface area contributed by atoms with E-state index in [1.807, 2.05) is 27.8 Å². The smallest absolute Gasteiger partial charge is 0.315 e. The van der Waals surface area contributed by atoms with Gasteiger partial charge in [-0.3, -0.25) is 4.68 Å². The van der Waals surface area contributed by atoms with Crippen LogP contribution in [0.1, 0.15) is 35.5 Å². The summed E-state index contributed by atoms with van der Waals surface area (Å²) in [5.41, 5.74) is 3.66. The molecular weight excluding hydrogens is 283 g/mol. The van der Waals surface area contributed by atoms with Gasteiger partial charge in [-0.25, -0.2) is 9.18 Å². The molecule has 2 aromatic rings. The van der Waals surface area contributed by atoms with Gasteiger partial charge in [-0.1, -0.05) is 12.1 Å². The number of aryl methyl sites for hydroxylation is 2. The Labute approximate surface area is 129 Å². The Balaban J connectivity index is 1.94. The van der Waals surface area contributed by atoms with Crippen LogP contribution in [-0.2, 0) is 13.6 Å². The van der Waals surface area contributed by atoms with Crippen LogP contribution in [0.25, 0.3) is 0 Å². The third-order valence-electron chi connectivity index (χ3n) is 3.69. The van der Waals surface area contributed by atoms with Gasteiger partial charge < -0.3 is 10.6 Å². The molecular formula is C16H21FN4O. The van der Waals surface area contributed by atoms with Crippen molar-refractivity contribution in [1.29, 1.82) is 0 Å². The number of carbonyl (C=O) groups excluding carboxylic acids is 1. The van der Waals surface area contributed by atoms with E-state index >= 15 is 0 Å². The number of carbonyl (C=O) groups is 1. The summed E-state index contributed by atoms with van der Waals surface area (Å²) in [6, 6.07) is 5.72. The van der Waals surface area contributed by atoms with Gasteiger partial charge in [0, 0.05) is 24.8 Å². The number of hydrogen-bond donors (Lipinski definition) is 2. The van der Waals surface area contributed by atoms with E-state index in [2.05, 4.69) is 15.7 Å². The summed E-state index contributed by atoms with van der Waals surface area (Å²) >= 11 is 0. The predicted molar refractivity (Wildman–Crippen MR) is 82.9 cm³/mol. The Morgan fingerprint density at radius 1 is 1.41 bits per heavy atom. The third kappa shape index (κ3) is 3.63. The van der Waals surface area contributed by atoms with Crippen LogP contribution in [-0.4, -0.2) is 15.8 Å². The molecule has 1 atom stereocenters. The lowest BCUT2D eigenvalue weighted by Gasteiger charge is -2.15. The number of nitrogens with one attached hydrogen (secondary N) is 2. The van der Waals surface area contributed by atoms with Crippen molar-refractivity contribution in [2.75, 3.05) is 0 Å². The zero-order valence-corrected chi connectivity index (χ0v) is 13.3. The minimum atomic E-state index is -0.310. The Kier molecular flexibility index (Phi) is 4.80. The van der Waals surface area contributed by atoms with E-state index in [9.17, 15) is 9.18 Å². The Hall–Kier alpha value is -2.37. The first-order valence-corrected chi connectivity index (χ1v) is 7.17. The molecule has 0 aliphatic heterocycles. The van der Waals surface area contributed by atoms with Crippen LogP contribution >= 0.6 is 0 Å². The molecule has 0 unspecified atom stereocenters. The first-order chi connectivity index (χ1) is 10.4. The van der Waals surface area contributed by atoms with Gasteiger partial charge in [0.05, 0.1) is 11.7 Å². The Morgan fingerprint density at radius 2 is 2.14 bits per heavy atom. The van der Waals surface area contributed by atoms with Crippen molar-refractivity contribution in [2.24, 2.45) is 7.05 Å². The molecule has 0 saturated carbocycles. The average molecular weight is 304 g/mol. The Bertz CT molecular complexity index is 681. The number of benzene rings is 1. The Morgan fingerprint density at radius 3 is 2.73 bits per heavy atom. The highest BCUT2D eigenvalue weighted by Gasteiger charge is 2.17. The van der Waals surface area contributed by atoms with Crippen LogP contribution in [0.4, 0.5) is 9.18 Å². The second-order valence-electron chi connectivity index (χ2n) is 5.39. The number of hydrogen-bond acceptors (Lipinski definition) is 2. The van der Waals surface area contributed by atoms with Crippen LogP contribution < -0.4 is 10.6 Å². The molecule has 0 radical (unpaired) electrons. The molecule has 0 saturated heterocycles. The summed E-state index contributed by atoms with van der Waals surface area (Å²) in [6.45, 7) is 6.09. The fourth-order valence-corrected chi connectivity index (χ4v) is 2.57. The highest BCUT2D eigenvalue weighted by Crippen LogP contribution is 2.20. The molecule has 22 heavy (non-hydrogen) atoms. The van der Waals surface area contributed by atoms with Crippen LogP contribution in [0.5, 0.6) is 0 Å². The lowest BCUT2D eigenvalue weighted by atomic mass is 10.1. The number of halogens is 1. The third-order valence-corrected chi connectivity index (χ3v) is 3.69. The van der Waals surface area contributed by atoms with Crippen molar-refractivity contribution in [1.82, 2.24) is 20.4 Å². The minimum Gasteiger partial charge on any atom is -0.334 e. The van der Waals surface area contributed by atoms with Gasteiger partial charge >= 0.3 is 6.03 Å². The maximum Gasteiger partial charge on any atom is 0.315 e. The lowest BCUT2D eigenvalue weighted by Crippen LogP contribution is -2.37. The van der Waals surface area contributed by atoms with Gasteiger partial charge in [0.25, 0.3) is 0 Å². The van der Waals surface area contributed by atoms with Crippen LogP contribution in [0.2, 0.25) is 0 Å². The van der Waals surface area contributed by atoms with Crippen molar-refractivity contribution in [3.8, 4) is 0 Å². The number of urea groups is 1. The van der Waals surface area contributed by atoms with E-state index in [0.29, 0.717) is 0 Å². The van der Waals surface area contributed by atoms with Crippen LogP contribution in [0.15, 0.2) is 24.3 Å². The maximum atomic E-state index is 13.1. The summed E-state index contributed by atoms with van der Waals surface area (Å²) in [5, 5.41) is 9.95. The number of nitrogens with zero attached hydrogens (tertiary/aromatic N) is 2. The highest BCUT2D eigenvalue weighted by atomic mass is 19.1. The standard InChI is InChI=1S/C16H21FN4O/c1-10(15-11(2)20-21(4)12(15)3)19-16(22)18-9-13-6-5-7-14(17)8-13/h5-8,10H,9H2,1-4H3,(H2,18,19,22)/t10-/m1/s1. The number of aromatic nitrogens is 2. The van der Waals surface area contributed by atoms with Crippen LogP contribution in [0, 0.1) is 19.7 Å². The van der Waals surface area contributed by atoms with E-state index in [1.54, 1.807) is 16.8 Å². The molecule has 118 valence electrons. The molecule has 2 rings (SSSR count). The second kappa shape index (κ2) is 6.60. The molecule has 0 spiro atoms. The fourth-order valence-electron chi connectivity index (χ4n) is 2.57. The molecule has 2 N–H and O–H groups in total. The van der Waals surface area contributed by atoms with E-state index in [-0.39, 0.29) is 24.4 Å².